The topological polar surface area (TPSA) is 47.3 Å². The fraction of sp³-hybridized carbons (Fsp3) is 0.600. The summed E-state index contributed by atoms with van der Waals surface area (Å²) in [6, 6.07) is 9.62. The van der Waals surface area contributed by atoms with Gasteiger partial charge in [-0.2, -0.15) is 5.26 Å². The van der Waals surface area contributed by atoms with Gasteiger partial charge in [-0.3, -0.25) is 4.79 Å². The normalized spacial score (nSPS) is 15.5. The summed E-state index contributed by atoms with van der Waals surface area (Å²) < 4.78 is 0. The Morgan fingerprint density at radius 1 is 1.38 bits per heavy atom. The monoisotopic (exact) mass is 327 g/mol. The fourth-order valence-electron chi connectivity index (χ4n) is 3.37. The van der Waals surface area contributed by atoms with Crippen LogP contribution in [0.15, 0.2) is 24.3 Å². The van der Waals surface area contributed by atoms with Gasteiger partial charge in [0.25, 0.3) is 5.91 Å². The molecule has 1 heterocycles. The van der Waals surface area contributed by atoms with E-state index in [1.54, 1.807) is 0 Å². The average Bonchev–Trinajstić information content (AvgIpc) is 2.60. The smallest absolute Gasteiger partial charge is 0.253 e. The molecule has 0 aliphatic carbocycles. The predicted octanol–water partition coefficient (Wildman–Crippen LogP) is 3.34. The summed E-state index contributed by atoms with van der Waals surface area (Å²) in [5.74, 6) is 0.799. The van der Waals surface area contributed by atoms with Crippen molar-refractivity contribution in [3.63, 3.8) is 0 Å². The van der Waals surface area contributed by atoms with Crippen LogP contribution >= 0.6 is 0 Å². The van der Waals surface area contributed by atoms with Gasteiger partial charge in [-0.05, 0) is 56.5 Å². The molecule has 1 fully saturated rings. The molecule has 0 unspecified atom stereocenters. The van der Waals surface area contributed by atoms with E-state index >= 15 is 0 Å². The number of likely N-dealkylation sites (tertiary alicyclic amines) is 1. The van der Waals surface area contributed by atoms with E-state index in [9.17, 15) is 4.79 Å². The van der Waals surface area contributed by atoms with Gasteiger partial charge in [-0.15, -0.1) is 0 Å². The molecule has 1 aliphatic heterocycles. The highest BCUT2D eigenvalue weighted by Crippen LogP contribution is 2.20. The van der Waals surface area contributed by atoms with E-state index in [1.807, 2.05) is 29.2 Å². The van der Waals surface area contributed by atoms with Crippen LogP contribution in [0.5, 0.6) is 0 Å². The Bertz CT molecular complexity index is 570. The Morgan fingerprint density at radius 2 is 2.12 bits per heavy atom. The minimum Gasteiger partial charge on any atom is -0.339 e. The van der Waals surface area contributed by atoms with Crippen LogP contribution in [0, 0.1) is 17.2 Å². The Morgan fingerprint density at radius 3 is 2.79 bits per heavy atom. The number of carbonyl (C=O) groups is 1. The number of benzene rings is 1. The molecule has 24 heavy (non-hydrogen) atoms. The zero-order valence-corrected chi connectivity index (χ0v) is 15.0. The zero-order chi connectivity index (χ0) is 17.4. The van der Waals surface area contributed by atoms with Gasteiger partial charge in [0, 0.05) is 25.2 Å². The molecule has 0 atom stereocenters. The Balaban J connectivity index is 1.84. The third kappa shape index (κ3) is 5.35. The van der Waals surface area contributed by atoms with Gasteiger partial charge >= 0.3 is 0 Å². The predicted molar refractivity (Wildman–Crippen MR) is 96.8 cm³/mol. The lowest BCUT2D eigenvalue weighted by molar-refractivity contribution is 0.0673. The number of unbranched alkanes of at least 4 members (excludes halogenated alkanes) is 1. The lowest BCUT2D eigenvalue weighted by Gasteiger charge is -2.34. The van der Waals surface area contributed by atoms with Gasteiger partial charge < -0.3 is 9.80 Å². The third-order valence-corrected chi connectivity index (χ3v) is 4.82. The summed E-state index contributed by atoms with van der Waals surface area (Å²) in [4.78, 5) is 17.1. The molecule has 2 rings (SSSR count). The molecule has 0 spiro atoms. The largest absolute Gasteiger partial charge is 0.339 e. The maximum atomic E-state index is 12.7. The number of nitrogens with zero attached hydrogens (tertiary/aromatic N) is 3. The number of piperidine rings is 1. The highest BCUT2D eigenvalue weighted by atomic mass is 16.2. The van der Waals surface area contributed by atoms with Gasteiger partial charge in [-0.25, -0.2) is 0 Å². The molecule has 1 saturated heterocycles. The van der Waals surface area contributed by atoms with Gasteiger partial charge in [-0.1, -0.05) is 25.5 Å². The van der Waals surface area contributed by atoms with Crippen LogP contribution < -0.4 is 0 Å². The molecule has 0 radical (unpaired) electrons. The molecule has 0 bridgehead atoms. The second-order valence-corrected chi connectivity index (χ2v) is 6.89. The highest BCUT2D eigenvalue weighted by molar-refractivity contribution is 5.94. The quantitative estimate of drug-likeness (QED) is 0.772. The summed E-state index contributed by atoms with van der Waals surface area (Å²) in [6.07, 6.45) is 5.02. The number of nitriles is 1. The first-order valence-corrected chi connectivity index (χ1v) is 9.07. The van der Waals surface area contributed by atoms with Crippen LogP contribution in [0.2, 0.25) is 0 Å². The summed E-state index contributed by atoms with van der Waals surface area (Å²) in [5, 5.41) is 8.80. The second kappa shape index (κ2) is 9.44. The Labute approximate surface area is 146 Å². The molecule has 130 valence electrons. The molecule has 0 N–H and O–H groups in total. The zero-order valence-electron chi connectivity index (χ0n) is 15.0. The molecule has 0 aromatic heterocycles. The Kier molecular flexibility index (Phi) is 7.27. The van der Waals surface area contributed by atoms with Crippen LogP contribution in [0.1, 0.15) is 48.5 Å². The molecule has 1 aromatic carbocycles. The minimum absolute atomic E-state index is 0.104. The lowest BCUT2D eigenvalue weighted by Crippen LogP contribution is -2.41. The van der Waals surface area contributed by atoms with Crippen LogP contribution in [-0.4, -0.2) is 48.9 Å². The molecule has 1 aromatic rings. The van der Waals surface area contributed by atoms with Crippen LogP contribution in [0.4, 0.5) is 0 Å². The van der Waals surface area contributed by atoms with Crippen LogP contribution in [-0.2, 0) is 6.42 Å². The lowest BCUT2D eigenvalue weighted by atomic mass is 9.95. The van der Waals surface area contributed by atoms with E-state index < -0.39 is 0 Å². The van der Waals surface area contributed by atoms with E-state index in [4.69, 9.17) is 5.26 Å². The van der Waals surface area contributed by atoms with Crippen molar-refractivity contribution in [3.8, 4) is 6.07 Å². The molecule has 1 amide bonds. The fourth-order valence-corrected chi connectivity index (χ4v) is 3.37. The molecular formula is C20H29N3O. The summed E-state index contributed by atoms with van der Waals surface area (Å²) in [7, 11) is 2.20. The average molecular weight is 327 g/mol. The van der Waals surface area contributed by atoms with Crippen molar-refractivity contribution < 1.29 is 4.79 Å². The summed E-state index contributed by atoms with van der Waals surface area (Å²) in [5.41, 5.74) is 1.62. The van der Waals surface area contributed by atoms with Crippen molar-refractivity contribution in [1.29, 1.82) is 5.26 Å². The molecule has 0 saturated carbocycles. The Hall–Kier alpha value is -1.86. The molecule has 4 nitrogen and oxygen atoms in total. The first-order valence-electron chi connectivity index (χ1n) is 9.07. The molecular weight excluding hydrogens is 298 g/mol. The van der Waals surface area contributed by atoms with Gasteiger partial charge in [0.05, 0.1) is 12.5 Å². The third-order valence-electron chi connectivity index (χ3n) is 4.82. The van der Waals surface area contributed by atoms with Gasteiger partial charge in [0.1, 0.15) is 0 Å². The van der Waals surface area contributed by atoms with E-state index in [0.717, 1.165) is 38.0 Å². The van der Waals surface area contributed by atoms with Gasteiger partial charge in [0.15, 0.2) is 0 Å². The first-order chi connectivity index (χ1) is 11.6. The molecule has 4 heteroatoms. The van der Waals surface area contributed by atoms with Crippen molar-refractivity contribution in [2.75, 3.05) is 33.2 Å². The van der Waals surface area contributed by atoms with Crippen molar-refractivity contribution in [3.05, 3.63) is 35.4 Å². The summed E-state index contributed by atoms with van der Waals surface area (Å²) in [6.45, 7) is 6.21. The minimum atomic E-state index is 0.104. The van der Waals surface area contributed by atoms with Crippen molar-refractivity contribution >= 4 is 5.91 Å². The SMILES string of the molecule is CCCCN(C)CC1CCN(C(=O)c2cccc(CC#N)c2)CC1. The van der Waals surface area contributed by atoms with Crippen LogP contribution in [0.25, 0.3) is 0 Å². The van der Waals surface area contributed by atoms with E-state index in [2.05, 4.69) is 24.9 Å². The van der Waals surface area contributed by atoms with Crippen LogP contribution in [0.3, 0.4) is 0 Å². The number of amides is 1. The maximum absolute atomic E-state index is 12.7. The number of rotatable bonds is 7. The second-order valence-electron chi connectivity index (χ2n) is 6.89. The first kappa shape index (κ1) is 18.5. The van der Waals surface area contributed by atoms with Crippen molar-refractivity contribution in [2.24, 2.45) is 5.92 Å². The van der Waals surface area contributed by atoms with Crippen molar-refractivity contribution in [1.82, 2.24) is 9.80 Å². The number of carbonyl (C=O) groups excluding carboxylic acids is 1. The van der Waals surface area contributed by atoms with E-state index in [-0.39, 0.29) is 5.91 Å². The standard InChI is InChI=1S/C20H29N3O/c1-3-4-12-22(2)16-18-9-13-23(14-10-18)20(24)19-7-5-6-17(15-19)8-11-21/h5-7,15,18H,3-4,8-10,12-14,16H2,1-2H3. The van der Waals surface area contributed by atoms with Gasteiger partial charge in [0.2, 0.25) is 0 Å². The maximum Gasteiger partial charge on any atom is 0.253 e. The van der Waals surface area contributed by atoms with E-state index in [0.29, 0.717) is 17.9 Å². The highest BCUT2D eigenvalue weighted by Gasteiger charge is 2.24. The van der Waals surface area contributed by atoms with E-state index in [1.165, 1.54) is 19.4 Å². The summed E-state index contributed by atoms with van der Waals surface area (Å²) >= 11 is 0. The number of hydrogen-bond acceptors (Lipinski definition) is 3. The number of hydrogen-bond donors (Lipinski definition) is 0. The van der Waals surface area contributed by atoms with Crippen molar-refractivity contribution in [2.45, 2.75) is 39.0 Å². The molecule has 1 aliphatic rings.